The van der Waals surface area contributed by atoms with E-state index >= 15 is 0 Å². The lowest BCUT2D eigenvalue weighted by Crippen LogP contribution is -2.44. The maximum atomic E-state index is 4.96. The fraction of sp³-hybridized carbons (Fsp3) is 0.368. The molecule has 1 N–H and O–H groups in total. The van der Waals surface area contributed by atoms with Crippen LogP contribution in [-0.2, 0) is 12.8 Å². The number of nitrogens with one attached hydrogen (secondary N) is 1. The first-order valence-corrected chi connectivity index (χ1v) is 9.44. The second-order valence-electron chi connectivity index (χ2n) is 6.15. The van der Waals surface area contributed by atoms with Crippen LogP contribution in [0.2, 0.25) is 0 Å². The van der Waals surface area contributed by atoms with Crippen molar-refractivity contribution in [3.8, 4) is 0 Å². The Balaban J connectivity index is 1.77. The summed E-state index contributed by atoms with van der Waals surface area (Å²) in [7, 11) is 0. The first-order valence-electron chi connectivity index (χ1n) is 8.62. The molecule has 0 aliphatic carbocycles. The number of rotatable bonds is 4. The van der Waals surface area contributed by atoms with Gasteiger partial charge in [-0.05, 0) is 18.1 Å². The Morgan fingerprint density at radius 2 is 1.92 bits per heavy atom. The third kappa shape index (κ3) is 3.14. The van der Waals surface area contributed by atoms with Gasteiger partial charge in [-0.2, -0.15) is 0 Å². The van der Waals surface area contributed by atoms with E-state index in [9.17, 15) is 0 Å². The second-order valence-corrected chi connectivity index (χ2v) is 7.26. The lowest BCUT2D eigenvalue weighted by Gasteiger charge is -2.29. The van der Waals surface area contributed by atoms with Crippen LogP contribution < -0.4 is 10.2 Å². The molecule has 0 atom stereocenters. The van der Waals surface area contributed by atoms with E-state index < -0.39 is 0 Å². The maximum Gasteiger partial charge on any atom is 0.141 e. The molecule has 0 spiro atoms. The molecule has 124 valence electrons. The molecule has 0 bridgehead atoms. The van der Waals surface area contributed by atoms with Crippen LogP contribution in [-0.4, -0.2) is 36.1 Å². The lowest BCUT2D eigenvalue weighted by molar-refractivity contribution is 0.585. The van der Waals surface area contributed by atoms with Gasteiger partial charge in [-0.25, -0.2) is 9.97 Å². The van der Waals surface area contributed by atoms with Gasteiger partial charge < -0.3 is 10.2 Å². The molecule has 1 fully saturated rings. The number of aryl methyl sites for hydroxylation is 1. The Labute approximate surface area is 146 Å². The number of hydrogen-bond acceptors (Lipinski definition) is 5. The van der Waals surface area contributed by atoms with Crippen molar-refractivity contribution in [1.82, 2.24) is 15.3 Å². The van der Waals surface area contributed by atoms with E-state index in [1.165, 1.54) is 15.8 Å². The SMILES string of the molecule is CCc1cc2c(N3CCNCC3)nc(Cc3ccccc3)nc2s1. The molecule has 0 unspecified atom stereocenters. The fourth-order valence-electron chi connectivity index (χ4n) is 3.15. The highest BCUT2D eigenvalue weighted by atomic mass is 32.1. The first-order chi connectivity index (χ1) is 11.8. The van der Waals surface area contributed by atoms with Crippen LogP contribution >= 0.6 is 11.3 Å². The molecule has 0 radical (unpaired) electrons. The average molecular weight is 338 g/mol. The molecule has 2 aromatic heterocycles. The van der Waals surface area contributed by atoms with Crippen LogP contribution in [0.5, 0.6) is 0 Å². The predicted octanol–water partition coefficient (Wildman–Crippen LogP) is 3.25. The molecule has 0 amide bonds. The number of hydrogen-bond donors (Lipinski definition) is 1. The normalized spacial score (nSPS) is 15.1. The summed E-state index contributed by atoms with van der Waals surface area (Å²) in [4.78, 5) is 14.7. The Morgan fingerprint density at radius 1 is 1.12 bits per heavy atom. The van der Waals surface area contributed by atoms with E-state index in [2.05, 4.69) is 47.5 Å². The standard InChI is InChI=1S/C19H22N4S/c1-2-15-13-16-18(23-10-8-20-9-11-23)21-17(22-19(16)24-15)12-14-6-4-3-5-7-14/h3-7,13,20H,2,8-12H2,1H3. The summed E-state index contributed by atoms with van der Waals surface area (Å²) in [5, 5.41) is 4.64. The number of aromatic nitrogens is 2. The van der Waals surface area contributed by atoms with Gasteiger partial charge in [0.25, 0.3) is 0 Å². The van der Waals surface area contributed by atoms with E-state index in [-0.39, 0.29) is 0 Å². The third-order valence-corrected chi connectivity index (χ3v) is 5.61. The van der Waals surface area contributed by atoms with Crippen LogP contribution in [0.15, 0.2) is 36.4 Å². The number of nitrogens with zero attached hydrogens (tertiary/aromatic N) is 3. The summed E-state index contributed by atoms with van der Waals surface area (Å²) in [5.74, 6) is 2.04. The van der Waals surface area contributed by atoms with Gasteiger partial charge in [0.2, 0.25) is 0 Å². The molecular weight excluding hydrogens is 316 g/mol. The van der Waals surface area contributed by atoms with Crippen LogP contribution in [0, 0.1) is 0 Å². The quantitative estimate of drug-likeness (QED) is 0.793. The summed E-state index contributed by atoms with van der Waals surface area (Å²) in [6.45, 7) is 6.25. The predicted molar refractivity (Wildman–Crippen MR) is 101 cm³/mol. The van der Waals surface area contributed by atoms with Crippen molar-refractivity contribution in [2.45, 2.75) is 19.8 Å². The van der Waals surface area contributed by atoms with E-state index in [4.69, 9.17) is 9.97 Å². The molecule has 1 aromatic carbocycles. The van der Waals surface area contributed by atoms with E-state index in [0.717, 1.165) is 55.5 Å². The molecule has 0 saturated carbocycles. The van der Waals surface area contributed by atoms with E-state index in [1.54, 1.807) is 11.3 Å². The van der Waals surface area contributed by atoms with Gasteiger partial charge >= 0.3 is 0 Å². The Bertz CT molecular complexity index is 822. The first kappa shape index (κ1) is 15.5. The van der Waals surface area contributed by atoms with E-state index in [0.29, 0.717) is 0 Å². The van der Waals surface area contributed by atoms with Crippen molar-refractivity contribution in [3.63, 3.8) is 0 Å². The molecule has 5 heteroatoms. The molecule has 1 saturated heterocycles. The topological polar surface area (TPSA) is 41.0 Å². The Morgan fingerprint density at radius 3 is 2.67 bits per heavy atom. The van der Waals surface area contributed by atoms with Gasteiger partial charge in [0.05, 0.1) is 5.39 Å². The maximum absolute atomic E-state index is 4.96. The van der Waals surface area contributed by atoms with Gasteiger partial charge in [0.1, 0.15) is 16.5 Å². The molecule has 1 aliphatic heterocycles. The zero-order chi connectivity index (χ0) is 16.4. The minimum Gasteiger partial charge on any atom is -0.353 e. The molecule has 1 aliphatic rings. The number of anilines is 1. The largest absolute Gasteiger partial charge is 0.353 e. The Hall–Kier alpha value is -1.98. The summed E-state index contributed by atoms with van der Waals surface area (Å²) < 4.78 is 0. The average Bonchev–Trinajstić information content (AvgIpc) is 3.06. The molecular formula is C19H22N4S. The number of thiophene rings is 1. The van der Waals surface area contributed by atoms with Crippen LogP contribution in [0.1, 0.15) is 23.2 Å². The molecule has 3 aromatic rings. The number of benzene rings is 1. The molecule has 24 heavy (non-hydrogen) atoms. The molecule has 3 heterocycles. The van der Waals surface area contributed by atoms with Crippen molar-refractivity contribution >= 4 is 27.4 Å². The molecule has 4 rings (SSSR count). The second kappa shape index (κ2) is 6.87. The smallest absolute Gasteiger partial charge is 0.141 e. The van der Waals surface area contributed by atoms with Crippen molar-refractivity contribution in [2.24, 2.45) is 0 Å². The minimum absolute atomic E-state index is 0.787. The summed E-state index contributed by atoms with van der Waals surface area (Å²) in [6.07, 6.45) is 1.84. The van der Waals surface area contributed by atoms with Gasteiger partial charge in [-0.3, -0.25) is 0 Å². The summed E-state index contributed by atoms with van der Waals surface area (Å²) in [5.41, 5.74) is 1.26. The van der Waals surface area contributed by atoms with Crippen molar-refractivity contribution < 1.29 is 0 Å². The highest BCUT2D eigenvalue weighted by Gasteiger charge is 2.18. The van der Waals surface area contributed by atoms with Gasteiger partial charge in [0.15, 0.2) is 0 Å². The third-order valence-electron chi connectivity index (χ3n) is 4.44. The minimum atomic E-state index is 0.787. The van der Waals surface area contributed by atoms with Gasteiger partial charge in [0, 0.05) is 37.5 Å². The van der Waals surface area contributed by atoms with Gasteiger partial charge in [-0.15, -0.1) is 11.3 Å². The number of fused-ring (bicyclic) bond motifs is 1. The zero-order valence-corrected chi connectivity index (χ0v) is 14.8. The monoisotopic (exact) mass is 338 g/mol. The van der Waals surface area contributed by atoms with E-state index in [1.807, 2.05) is 6.07 Å². The summed E-state index contributed by atoms with van der Waals surface area (Å²) in [6, 6.07) is 12.8. The van der Waals surface area contributed by atoms with Crippen LogP contribution in [0.25, 0.3) is 10.2 Å². The zero-order valence-electron chi connectivity index (χ0n) is 14.0. The summed E-state index contributed by atoms with van der Waals surface area (Å²) >= 11 is 1.81. The number of piperazine rings is 1. The van der Waals surface area contributed by atoms with Crippen molar-refractivity contribution in [1.29, 1.82) is 0 Å². The van der Waals surface area contributed by atoms with Crippen LogP contribution in [0.3, 0.4) is 0 Å². The Kier molecular flexibility index (Phi) is 4.45. The fourth-order valence-corrected chi connectivity index (χ4v) is 4.13. The molecule has 4 nitrogen and oxygen atoms in total. The van der Waals surface area contributed by atoms with Crippen molar-refractivity contribution in [2.75, 3.05) is 31.1 Å². The van der Waals surface area contributed by atoms with Gasteiger partial charge in [-0.1, -0.05) is 37.3 Å². The highest BCUT2D eigenvalue weighted by molar-refractivity contribution is 7.18. The highest BCUT2D eigenvalue weighted by Crippen LogP contribution is 2.32. The van der Waals surface area contributed by atoms with Crippen molar-refractivity contribution in [3.05, 3.63) is 52.7 Å². The lowest BCUT2D eigenvalue weighted by atomic mass is 10.1. The van der Waals surface area contributed by atoms with Crippen LogP contribution in [0.4, 0.5) is 5.82 Å².